The third-order valence-electron chi connectivity index (χ3n) is 2.91. The van der Waals surface area contributed by atoms with E-state index in [9.17, 15) is 4.79 Å². The molecular formula is C16H17NO2. The first kappa shape index (κ1) is 13.1. The van der Waals surface area contributed by atoms with Crippen molar-refractivity contribution in [1.82, 2.24) is 5.32 Å². The monoisotopic (exact) mass is 255 g/mol. The van der Waals surface area contributed by atoms with Gasteiger partial charge in [0.25, 0.3) is 5.91 Å². The van der Waals surface area contributed by atoms with Crippen molar-refractivity contribution in [1.29, 1.82) is 0 Å². The van der Waals surface area contributed by atoms with E-state index in [0.29, 0.717) is 12.1 Å². The quantitative estimate of drug-likeness (QED) is 0.892. The molecule has 0 atom stereocenters. The SMILES string of the molecule is COc1ccccc1CCNC(=O)c1ccccc1. The minimum atomic E-state index is -0.0458. The maximum absolute atomic E-state index is 11.8. The van der Waals surface area contributed by atoms with E-state index in [1.807, 2.05) is 42.5 Å². The zero-order chi connectivity index (χ0) is 13.5. The van der Waals surface area contributed by atoms with Gasteiger partial charge in [-0.3, -0.25) is 4.79 Å². The van der Waals surface area contributed by atoms with Crippen molar-refractivity contribution in [3.8, 4) is 5.75 Å². The zero-order valence-corrected chi connectivity index (χ0v) is 10.9. The molecule has 19 heavy (non-hydrogen) atoms. The Kier molecular flexibility index (Phi) is 4.56. The summed E-state index contributed by atoms with van der Waals surface area (Å²) < 4.78 is 5.27. The molecule has 3 heteroatoms. The number of para-hydroxylation sites is 1. The van der Waals surface area contributed by atoms with E-state index in [0.717, 1.165) is 17.7 Å². The average Bonchev–Trinajstić information content (AvgIpc) is 2.48. The number of amides is 1. The topological polar surface area (TPSA) is 38.3 Å². The summed E-state index contributed by atoms with van der Waals surface area (Å²) in [5.74, 6) is 0.812. The van der Waals surface area contributed by atoms with Crippen LogP contribution in [0.25, 0.3) is 0 Å². The molecule has 2 aromatic carbocycles. The molecule has 0 heterocycles. The lowest BCUT2D eigenvalue weighted by molar-refractivity contribution is 0.0954. The summed E-state index contributed by atoms with van der Waals surface area (Å²) in [5.41, 5.74) is 1.78. The fourth-order valence-corrected chi connectivity index (χ4v) is 1.91. The Hall–Kier alpha value is -2.29. The second-order valence-corrected chi connectivity index (χ2v) is 4.18. The summed E-state index contributed by atoms with van der Waals surface area (Å²) in [6.45, 7) is 0.591. The van der Waals surface area contributed by atoms with Crippen LogP contribution >= 0.6 is 0 Å². The van der Waals surface area contributed by atoms with E-state index in [-0.39, 0.29) is 5.91 Å². The molecule has 1 amide bonds. The van der Waals surface area contributed by atoms with Gasteiger partial charge in [0.05, 0.1) is 7.11 Å². The van der Waals surface area contributed by atoms with Crippen LogP contribution in [0.3, 0.4) is 0 Å². The summed E-state index contributed by atoms with van der Waals surface area (Å²) in [5, 5.41) is 2.90. The fourth-order valence-electron chi connectivity index (χ4n) is 1.91. The van der Waals surface area contributed by atoms with Gasteiger partial charge in [0.15, 0.2) is 0 Å². The molecule has 0 bridgehead atoms. The Labute approximate surface area is 113 Å². The van der Waals surface area contributed by atoms with Gasteiger partial charge >= 0.3 is 0 Å². The first-order chi connectivity index (χ1) is 9.31. The summed E-state index contributed by atoms with van der Waals surface area (Å²) in [6.07, 6.45) is 0.753. The number of rotatable bonds is 5. The van der Waals surface area contributed by atoms with Crippen LogP contribution in [0.2, 0.25) is 0 Å². The van der Waals surface area contributed by atoms with Crippen molar-refractivity contribution < 1.29 is 9.53 Å². The van der Waals surface area contributed by atoms with Crippen LogP contribution in [0.5, 0.6) is 5.75 Å². The lowest BCUT2D eigenvalue weighted by Gasteiger charge is -2.09. The van der Waals surface area contributed by atoms with Crippen LogP contribution in [0.4, 0.5) is 0 Å². The normalized spacial score (nSPS) is 9.95. The Bertz CT molecular complexity index is 537. The van der Waals surface area contributed by atoms with E-state index >= 15 is 0 Å². The molecule has 2 aromatic rings. The zero-order valence-electron chi connectivity index (χ0n) is 10.9. The number of nitrogens with one attached hydrogen (secondary N) is 1. The van der Waals surface area contributed by atoms with Crippen LogP contribution in [-0.2, 0) is 6.42 Å². The molecule has 98 valence electrons. The Morgan fingerprint density at radius 2 is 1.74 bits per heavy atom. The highest BCUT2D eigenvalue weighted by atomic mass is 16.5. The molecule has 0 spiro atoms. The number of hydrogen-bond acceptors (Lipinski definition) is 2. The molecule has 0 aliphatic rings. The largest absolute Gasteiger partial charge is 0.496 e. The Morgan fingerprint density at radius 1 is 1.05 bits per heavy atom. The highest BCUT2D eigenvalue weighted by Crippen LogP contribution is 2.17. The number of benzene rings is 2. The van der Waals surface area contributed by atoms with Gasteiger partial charge in [-0.2, -0.15) is 0 Å². The van der Waals surface area contributed by atoms with Gasteiger partial charge in [-0.15, -0.1) is 0 Å². The molecule has 0 unspecified atom stereocenters. The number of ether oxygens (including phenoxy) is 1. The van der Waals surface area contributed by atoms with E-state index in [2.05, 4.69) is 5.32 Å². The van der Waals surface area contributed by atoms with Crippen LogP contribution in [-0.4, -0.2) is 19.6 Å². The van der Waals surface area contributed by atoms with Gasteiger partial charge in [-0.25, -0.2) is 0 Å². The summed E-state index contributed by atoms with van der Waals surface area (Å²) >= 11 is 0. The molecule has 0 aromatic heterocycles. The van der Waals surface area contributed by atoms with Crippen LogP contribution in [0.1, 0.15) is 15.9 Å². The average molecular weight is 255 g/mol. The van der Waals surface area contributed by atoms with Crippen molar-refractivity contribution >= 4 is 5.91 Å². The molecule has 0 aliphatic carbocycles. The molecule has 0 saturated carbocycles. The summed E-state index contributed by atoms with van der Waals surface area (Å²) in [7, 11) is 1.65. The van der Waals surface area contributed by atoms with E-state index in [1.165, 1.54) is 0 Å². The van der Waals surface area contributed by atoms with Crippen molar-refractivity contribution in [2.24, 2.45) is 0 Å². The van der Waals surface area contributed by atoms with Crippen LogP contribution in [0.15, 0.2) is 54.6 Å². The van der Waals surface area contributed by atoms with Gasteiger partial charge in [0, 0.05) is 12.1 Å². The summed E-state index contributed by atoms with van der Waals surface area (Å²) in [6, 6.07) is 17.1. The molecule has 3 nitrogen and oxygen atoms in total. The van der Waals surface area contributed by atoms with Gasteiger partial charge < -0.3 is 10.1 Å². The molecule has 1 N–H and O–H groups in total. The summed E-state index contributed by atoms with van der Waals surface area (Å²) in [4.78, 5) is 11.8. The number of carbonyl (C=O) groups is 1. The standard InChI is InChI=1S/C16H17NO2/c1-19-15-10-6-5-7-13(15)11-12-17-16(18)14-8-3-2-4-9-14/h2-10H,11-12H2,1H3,(H,17,18). The molecule has 0 radical (unpaired) electrons. The van der Waals surface area contributed by atoms with Crippen molar-refractivity contribution in [2.45, 2.75) is 6.42 Å². The molecule has 0 fully saturated rings. The van der Waals surface area contributed by atoms with Crippen molar-refractivity contribution in [3.63, 3.8) is 0 Å². The van der Waals surface area contributed by atoms with Crippen LogP contribution in [0, 0.1) is 0 Å². The lowest BCUT2D eigenvalue weighted by atomic mass is 10.1. The number of methoxy groups -OCH3 is 1. The predicted molar refractivity (Wildman–Crippen MR) is 75.5 cm³/mol. The number of carbonyl (C=O) groups excluding carboxylic acids is 1. The Balaban J connectivity index is 1.88. The molecule has 0 aliphatic heterocycles. The van der Waals surface area contributed by atoms with Gasteiger partial charge in [-0.05, 0) is 30.2 Å². The highest BCUT2D eigenvalue weighted by molar-refractivity contribution is 5.94. The smallest absolute Gasteiger partial charge is 0.251 e. The maximum atomic E-state index is 11.8. The molecule has 0 saturated heterocycles. The minimum Gasteiger partial charge on any atom is -0.496 e. The number of hydrogen-bond donors (Lipinski definition) is 1. The first-order valence-electron chi connectivity index (χ1n) is 6.26. The molecular weight excluding hydrogens is 238 g/mol. The first-order valence-corrected chi connectivity index (χ1v) is 6.26. The van der Waals surface area contributed by atoms with Gasteiger partial charge in [0.2, 0.25) is 0 Å². The fraction of sp³-hybridized carbons (Fsp3) is 0.188. The van der Waals surface area contributed by atoms with Crippen LogP contribution < -0.4 is 10.1 Å². The van der Waals surface area contributed by atoms with Crippen molar-refractivity contribution in [2.75, 3.05) is 13.7 Å². The van der Waals surface area contributed by atoms with Gasteiger partial charge in [0.1, 0.15) is 5.75 Å². The Morgan fingerprint density at radius 3 is 2.47 bits per heavy atom. The molecule has 2 rings (SSSR count). The van der Waals surface area contributed by atoms with Crippen molar-refractivity contribution in [3.05, 3.63) is 65.7 Å². The second-order valence-electron chi connectivity index (χ2n) is 4.18. The highest BCUT2D eigenvalue weighted by Gasteiger charge is 2.05. The van der Waals surface area contributed by atoms with E-state index in [1.54, 1.807) is 19.2 Å². The second kappa shape index (κ2) is 6.59. The van der Waals surface area contributed by atoms with E-state index < -0.39 is 0 Å². The third kappa shape index (κ3) is 3.58. The predicted octanol–water partition coefficient (Wildman–Crippen LogP) is 2.67. The maximum Gasteiger partial charge on any atom is 0.251 e. The third-order valence-corrected chi connectivity index (χ3v) is 2.91. The van der Waals surface area contributed by atoms with E-state index in [4.69, 9.17) is 4.74 Å². The minimum absolute atomic E-state index is 0.0458. The lowest BCUT2D eigenvalue weighted by Crippen LogP contribution is -2.25. The van der Waals surface area contributed by atoms with Gasteiger partial charge in [-0.1, -0.05) is 36.4 Å².